The number of nitrogens with zero attached hydrogens (tertiary/aromatic N) is 1. The third-order valence-corrected chi connectivity index (χ3v) is 3.04. The second kappa shape index (κ2) is 8.30. The molecule has 0 saturated heterocycles. The number of hydrogen-bond donors (Lipinski definition) is 2. The molecule has 0 aliphatic carbocycles. The van der Waals surface area contributed by atoms with E-state index in [1.54, 1.807) is 7.11 Å². The van der Waals surface area contributed by atoms with E-state index in [0.717, 1.165) is 42.9 Å². The third-order valence-electron chi connectivity index (χ3n) is 3.04. The fourth-order valence-electron chi connectivity index (χ4n) is 2.20. The van der Waals surface area contributed by atoms with Gasteiger partial charge in [-0.1, -0.05) is 13.8 Å². The summed E-state index contributed by atoms with van der Waals surface area (Å²) in [7, 11) is 1.61. The van der Waals surface area contributed by atoms with Gasteiger partial charge in [0.15, 0.2) is 0 Å². The van der Waals surface area contributed by atoms with E-state index in [-0.39, 0.29) is 6.54 Å². The summed E-state index contributed by atoms with van der Waals surface area (Å²) in [4.78, 5) is 13.0. The molecule has 0 spiro atoms. The van der Waals surface area contributed by atoms with Gasteiger partial charge in [-0.05, 0) is 36.6 Å². The van der Waals surface area contributed by atoms with Gasteiger partial charge in [-0.3, -0.25) is 0 Å². The van der Waals surface area contributed by atoms with Crippen LogP contribution in [0.25, 0.3) is 0 Å². The van der Waals surface area contributed by atoms with E-state index in [4.69, 9.17) is 9.84 Å². The van der Waals surface area contributed by atoms with Gasteiger partial charge in [0.2, 0.25) is 0 Å². The van der Waals surface area contributed by atoms with Crippen LogP contribution in [0.15, 0.2) is 18.2 Å². The molecule has 0 unspecified atom stereocenters. The SMILES string of the molecule is CCCN(CCC)c1ccc(OC)cc1CNC(=O)O. The van der Waals surface area contributed by atoms with Gasteiger partial charge in [0.05, 0.1) is 7.11 Å². The van der Waals surface area contributed by atoms with Crippen molar-refractivity contribution in [1.82, 2.24) is 5.32 Å². The zero-order valence-corrected chi connectivity index (χ0v) is 12.5. The summed E-state index contributed by atoms with van der Waals surface area (Å²) in [5.41, 5.74) is 2.01. The molecule has 1 aromatic rings. The Morgan fingerprint density at radius 3 is 2.45 bits per heavy atom. The molecule has 20 heavy (non-hydrogen) atoms. The first-order valence-corrected chi connectivity index (χ1v) is 7.01. The minimum Gasteiger partial charge on any atom is -0.497 e. The third kappa shape index (κ3) is 4.64. The van der Waals surface area contributed by atoms with Gasteiger partial charge in [-0.15, -0.1) is 0 Å². The molecule has 1 aromatic carbocycles. The molecule has 2 N–H and O–H groups in total. The fraction of sp³-hybridized carbons (Fsp3) is 0.533. The van der Waals surface area contributed by atoms with Crippen molar-refractivity contribution in [3.8, 4) is 5.75 Å². The number of ether oxygens (including phenoxy) is 1. The van der Waals surface area contributed by atoms with Gasteiger partial charge in [-0.25, -0.2) is 4.79 Å². The van der Waals surface area contributed by atoms with E-state index in [1.165, 1.54) is 0 Å². The summed E-state index contributed by atoms with van der Waals surface area (Å²) >= 11 is 0. The van der Waals surface area contributed by atoms with Crippen LogP contribution in [0.3, 0.4) is 0 Å². The quantitative estimate of drug-likeness (QED) is 0.768. The topological polar surface area (TPSA) is 61.8 Å². The van der Waals surface area contributed by atoms with Gasteiger partial charge < -0.3 is 20.1 Å². The largest absolute Gasteiger partial charge is 0.497 e. The lowest BCUT2D eigenvalue weighted by molar-refractivity contribution is 0.194. The first-order valence-electron chi connectivity index (χ1n) is 7.01. The number of benzene rings is 1. The van der Waals surface area contributed by atoms with Crippen LogP contribution in [0.5, 0.6) is 5.75 Å². The monoisotopic (exact) mass is 280 g/mol. The van der Waals surface area contributed by atoms with Gasteiger partial charge in [-0.2, -0.15) is 0 Å². The molecule has 1 amide bonds. The Hall–Kier alpha value is -1.91. The summed E-state index contributed by atoms with van der Waals surface area (Å²) in [5, 5.41) is 11.2. The van der Waals surface area contributed by atoms with Crippen LogP contribution in [0.4, 0.5) is 10.5 Å². The Labute approximate surface area is 120 Å². The molecule has 0 aliphatic rings. The molecule has 5 heteroatoms. The Bertz CT molecular complexity index is 429. The van der Waals surface area contributed by atoms with Crippen molar-refractivity contribution in [2.75, 3.05) is 25.1 Å². The molecule has 5 nitrogen and oxygen atoms in total. The Morgan fingerprint density at radius 2 is 1.95 bits per heavy atom. The van der Waals surface area contributed by atoms with Crippen molar-refractivity contribution in [2.24, 2.45) is 0 Å². The molecule has 0 fully saturated rings. The maximum Gasteiger partial charge on any atom is 0.404 e. The predicted molar refractivity (Wildman–Crippen MR) is 80.7 cm³/mol. The van der Waals surface area contributed by atoms with Crippen LogP contribution >= 0.6 is 0 Å². The molecule has 0 radical (unpaired) electrons. The lowest BCUT2D eigenvalue weighted by atomic mass is 10.1. The highest BCUT2D eigenvalue weighted by Crippen LogP contribution is 2.26. The van der Waals surface area contributed by atoms with Crippen LogP contribution in [0, 0.1) is 0 Å². The number of hydrogen-bond acceptors (Lipinski definition) is 3. The maximum atomic E-state index is 10.7. The average Bonchev–Trinajstić information content (AvgIpc) is 2.44. The molecule has 0 saturated carbocycles. The average molecular weight is 280 g/mol. The Balaban J connectivity index is 3.03. The highest BCUT2D eigenvalue weighted by atomic mass is 16.5. The molecular formula is C15H24N2O3. The molecular weight excluding hydrogens is 256 g/mol. The molecule has 0 heterocycles. The zero-order valence-electron chi connectivity index (χ0n) is 12.5. The van der Waals surface area contributed by atoms with Gasteiger partial charge in [0, 0.05) is 25.3 Å². The summed E-state index contributed by atoms with van der Waals surface area (Å²) < 4.78 is 5.22. The second-order valence-corrected chi connectivity index (χ2v) is 4.64. The normalized spacial score (nSPS) is 10.2. The van der Waals surface area contributed by atoms with Crippen molar-refractivity contribution in [3.63, 3.8) is 0 Å². The van der Waals surface area contributed by atoms with Crippen LogP contribution in [-0.4, -0.2) is 31.4 Å². The summed E-state index contributed by atoms with van der Waals surface area (Å²) in [6.45, 7) is 6.48. The molecule has 0 aliphatic heterocycles. The van der Waals surface area contributed by atoms with E-state index < -0.39 is 6.09 Å². The first kappa shape index (κ1) is 16.1. The number of amides is 1. The molecule has 112 valence electrons. The minimum atomic E-state index is -1.02. The van der Waals surface area contributed by atoms with Crippen LogP contribution in [0.2, 0.25) is 0 Å². The van der Waals surface area contributed by atoms with Gasteiger partial charge in [0.25, 0.3) is 0 Å². The maximum absolute atomic E-state index is 10.7. The standard InChI is InChI=1S/C15H24N2O3/c1-4-8-17(9-5-2)14-7-6-13(20-3)10-12(14)11-16-15(18)19/h6-7,10,16H,4-5,8-9,11H2,1-3H3,(H,18,19). The number of rotatable bonds is 8. The molecule has 0 aromatic heterocycles. The van der Waals surface area contributed by atoms with Crippen molar-refractivity contribution < 1.29 is 14.6 Å². The van der Waals surface area contributed by atoms with Crippen molar-refractivity contribution in [2.45, 2.75) is 33.2 Å². The minimum absolute atomic E-state index is 0.284. The summed E-state index contributed by atoms with van der Waals surface area (Å²) in [5.74, 6) is 0.740. The van der Waals surface area contributed by atoms with Crippen molar-refractivity contribution in [1.29, 1.82) is 0 Å². The number of carbonyl (C=O) groups is 1. The first-order chi connectivity index (χ1) is 9.62. The second-order valence-electron chi connectivity index (χ2n) is 4.64. The van der Waals surface area contributed by atoms with Gasteiger partial charge >= 0.3 is 6.09 Å². The van der Waals surface area contributed by atoms with Crippen molar-refractivity contribution >= 4 is 11.8 Å². The van der Waals surface area contributed by atoms with E-state index in [1.807, 2.05) is 18.2 Å². The zero-order chi connectivity index (χ0) is 15.0. The lowest BCUT2D eigenvalue weighted by Crippen LogP contribution is -2.28. The van der Waals surface area contributed by atoms with Crippen LogP contribution in [-0.2, 0) is 6.54 Å². The Morgan fingerprint density at radius 1 is 1.30 bits per heavy atom. The van der Waals surface area contributed by atoms with E-state index >= 15 is 0 Å². The summed E-state index contributed by atoms with van der Waals surface area (Å²) in [6, 6.07) is 5.81. The number of nitrogens with one attached hydrogen (secondary N) is 1. The molecule has 1 rings (SSSR count). The highest BCUT2D eigenvalue weighted by molar-refractivity contribution is 5.65. The molecule has 0 atom stereocenters. The highest BCUT2D eigenvalue weighted by Gasteiger charge is 2.12. The van der Waals surface area contributed by atoms with E-state index in [2.05, 4.69) is 24.1 Å². The van der Waals surface area contributed by atoms with E-state index in [0.29, 0.717) is 0 Å². The number of carboxylic acid groups (broad SMARTS) is 1. The summed E-state index contributed by atoms with van der Waals surface area (Å²) in [6.07, 6.45) is 1.09. The molecule has 0 bridgehead atoms. The lowest BCUT2D eigenvalue weighted by Gasteiger charge is -2.26. The van der Waals surface area contributed by atoms with E-state index in [9.17, 15) is 4.79 Å². The smallest absolute Gasteiger partial charge is 0.404 e. The van der Waals surface area contributed by atoms with Crippen LogP contribution < -0.4 is 15.0 Å². The predicted octanol–water partition coefficient (Wildman–Crippen LogP) is 3.09. The van der Waals surface area contributed by atoms with Gasteiger partial charge in [0.1, 0.15) is 5.75 Å². The van der Waals surface area contributed by atoms with Crippen LogP contribution in [0.1, 0.15) is 32.3 Å². The van der Waals surface area contributed by atoms with Crippen molar-refractivity contribution in [3.05, 3.63) is 23.8 Å². The number of anilines is 1. The number of methoxy groups -OCH3 is 1. The fourth-order valence-corrected chi connectivity index (χ4v) is 2.20. The Kier molecular flexibility index (Phi) is 6.70.